The number of Topliss-reactive ketones (excluding diaryl/α,β-unsaturated/α-hetero) is 1. The van der Waals surface area contributed by atoms with Gasteiger partial charge in [-0.15, -0.1) is 0 Å². The number of aliphatic hydroxyl groups excluding tert-OH is 1. The minimum Gasteiger partial charge on any atom is -0.507 e. The molecule has 1 aromatic carbocycles. The van der Waals surface area contributed by atoms with Crippen molar-refractivity contribution in [3.8, 4) is 5.75 Å². The van der Waals surface area contributed by atoms with Gasteiger partial charge in [0.1, 0.15) is 28.2 Å². The second-order valence-corrected chi connectivity index (χ2v) is 8.98. The molecule has 0 unspecified atom stereocenters. The maximum absolute atomic E-state index is 13.2. The molecule has 10 heteroatoms. The van der Waals surface area contributed by atoms with Crippen LogP contribution in [-0.4, -0.2) is 40.5 Å². The summed E-state index contributed by atoms with van der Waals surface area (Å²) in [5.74, 6) is -1.85. The number of carbonyl (C=O) groups is 3. The van der Waals surface area contributed by atoms with Crippen molar-refractivity contribution in [3.05, 3.63) is 70.1 Å². The number of ketones is 1. The number of hydrogen-bond donors (Lipinski definition) is 1. The lowest BCUT2D eigenvalue weighted by Gasteiger charge is -2.20. The number of carbonyl (C=O) groups excluding carboxylic acids is 3. The Morgan fingerprint density at radius 2 is 1.94 bits per heavy atom. The molecule has 3 heterocycles. The summed E-state index contributed by atoms with van der Waals surface area (Å²) in [5.41, 5.74) is 0.551. The minimum absolute atomic E-state index is 0.0278. The highest BCUT2D eigenvalue weighted by molar-refractivity contribution is 7.17. The topological polar surface area (TPSA) is 119 Å². The van der Waals surface area contributed by atoms with Gasteiger partial charge in [-0.25, -0.2) is 9.78 Å². The molecular weight excluding hydrogens is 472 g/mol. The Kier molecular flexibility index (Phi) is 6.74. The summed E-state index contributed by atoms with van der Waals surface area (Å²) in [4.78, 5) is 44.4. The van der Waals surface area contributed by atoms with Crippen molar-refractivity contribution in [3.63, 3.8) is 0 Å². The maximum Gasteiger partial charge on any atom is 0.350 e. The number of benzene rings is 1. The molecule has 1 N–H and O–H groups in total. The fraction of sp³-hybridized carbons (Fsp3) is 0.280. The third-order valence-corrected chi connectivity index (χ3v) is 6.35. The van der Waals surface area contributed by atoms with E-state index in [1.54, 1.807) is 50.2 Å². The predicted molar refractivity (Wildman–Crippen MR) is 129 cm³/mol. The van der Waals surface area contributed by atoms with Gasteiger partial charge in [-0.2, -0.15) is 0 Å². The van der Waals surface area contributed by atoms with Gasteiger partial charge in [0.15, 0.2) is 5.13 Å². The van der Waals surface area contributed by atoms with E-state index in [1.807, 2.05) is 13.8 Å². The molecule has 0 bridgehead atoms. The highest BCUT2D eigenvalue weighted by Gasteiger charge is 2.49. The molecule has 3 aromatic rings. The van der Waals surface area contributed by atoms with Crippen LogP contribution in [0.4, 0.5) is 5.13 Å². The first-order valence-corrected chi connectivity index (χ1v) is 11.8. The summed E-state index contributed by atoms with van der Waals surface area (Å²) < 4.78 is 16.2. The van der Waals surface area contributed by atoms with Gasteiger partial charge < -0.3 is 19.0 Å². The Morgan fingerprint density at radius 3 is 2.54 bits per heavy atom. The highest BCUT2D eigenvalue weighted by Crippen LogP contribution is 2.44. The van der Waals surface area contributed by atoms with Crippen LogP contribution in [0, 0.1) is 6.92 Å². The van der Waals surface area contributed by atoms with Crippen LogP contribution in [0.25, 0.3) is 5.76 Å². The van der Waals surface area contributed by atoms with Gasteiger partial charge >= 0.3 is 11.9 Å². The SMILES string of the molecule is CCOC(=O)c1sc(N2C(=O)C(=O)C(=C(O)c3ccc(OC(C)C)cc3)[C@H]2c2ccco2)nc1C. The molecule has 1 amide bonds. The molecule has 0 spiro atoms. The monoisotopic (exact) mass is 496 g/mol. The zero-order valence-corrected chi connectivity index (χ0v) is 20.4. The number of aliphatic hydroxyl groups is 1. The van der Waals surface area contributed by atoms with Crippen LogP contribution in [0.3, 0.4) is 0 Å². The van der Waals surface area contributed by atoms with Gasteiger partial charge in [0.2, 0.25) is 0 Å². The van der Waals surface area contributed by atoms with Gasteiger partial charge in [0, 0.05) is 5.56 Å². The number of nitrogens with zero attached hydrogens (tertiary/aromatic N) is 2. The van der Waals surface area contributed by atoms with Crippen LogP contribution in [0.1, 0.15) is 53.5 Å². The van der Waals surface area contributed by atoms with Crippen LogP contribution < -0.4 is 9.64 Å². The largest absolute Gasteiger partial charge is 0.507 e. The number of ether oxygens (including phenoxy) is 2. The number of amides is 1. The van der Waals surface area contributed by atoms with Gasteiger partial charge in [-0.3, -0.25) is 14.5 Å². The van der Waals surface area contributed by atoms with E-state index in [9.17, 15) is 19.5 Å². The molecule has 0 saturated carbocycles. The molecule has 0 radical (unpaired) electrons. The first-order chi connectivity index (χ1) is 16.7. The van der Waals surface area contributed by atoms with Gasteiger partial charge in [0.25, 0.3) is 5.78 Å². The lowest BCUT2D eigenvalue weighted by molar-refractivity contribution is -0.132. The smallest absolute Gasteiger partial charge is 0.350 e. The molecule has 4 rings (SSSR count). The molecule has 0 aliphatic carbocycles. The van der Waals surface area contributed by atoms with E-state index < -0.39 is 23.7 Å². The lowest BCUT2D eigenvalue weighted by Crippen LogP contribution is -2.29. The molecule has 2 aromatic heterocycles. The molecule has 1 fully saturated rings. The molecule has 9 nitrogen and oxygen atoms in total. The second kappa shape index (κ2) is 9.75. The van der Waals surface area contributed by atoms with Crippen LogP contribution in [0.5, 0.6) is 5.75 Å². The average Bonchev–Trinajstić information content (AvgIpc) is 3.53. The Labute approximate surface area is 205 Å². The highest BCUT2D eigenvalue weighted by atomic mass is 32.1. The number of furan rings is 1. The zero-order valence-electron chi connectivity index (χ0n) is 19.6. The number of rotatable bonds is 7. The molecule has 35 heavy (non-hydrogen) atoms. The molecule has 1 saturated heterocycles. The van der Waals surface area contributed by atoms with Gasteiger partial charge in [-0.1, -0.05) is 11.3 Å². The molecule has 1 aliphatic heterocycles. The van der Waals surface area contributed by atoms with Crippen LogP contribution in [0.15, 0.2) is 52.7 Å². The van der Waals surface area contributed by atoms with E-state index in [2.05, 4.69) is 4.98 Å². The van der Waals surface area contributed by atoms with E-state index in [0.717, 1.165) is 16.2 Å². The Balaban J connectivity index is 1.81. The summed E-state index contributed by atoms with van der Waals surface area (Å²) in [6, 6.07) is 8.69. The fourth-order valence-corrected chi connectivity index (χ4v) is 4.72. The van der Waals surface area contributed by atoms with Gasteiger partial charge in [-0.05, 0) is 64.1 Å². The van der Waals surface area contributed by atoms with Crippen molar-refractivity contribution < 1.29 is 33.4 Å². The maximum atomic E-state index is 13.2. The fourth-order valence-electron chi connectivity index (χ4n) is 3.74. The number of hydrogen-bond acceptors (Lipinski definition) is 9. The first-order valence-electron chi connectivity index (χ1n) is 11.0. The average molecular weight is 497 g/mol. The molecule has 1 aliphatic rings. The Hall–Kier alpha value is -3.92. The van der Waals surface area contributed by atoms with E-state index >= 15 is 0 Å². The number of thiazole rings is 1. The Morgan fingerprint density at radius 1 is 1.23 bits per heavy atom. The molecule has 1 atom stereocenters. The standard InChI is InChI=1S/C25H24N2O7S/c1-5-32-24(31)22-14(4)26-25(35-22)27-19(17-7-6-12-33-17)18(21(29)23(27)30)20(28)15-8-10-16(11-9-15)34-13(2)3/h6-13,19,28H,5H2,1-4H3/t19-/m1/s1. The van der Waals surface area contributed by atoms with Crippen molar-refractivity contribution >= 4 is 39.9 Å². The van der Waals surface area contributed by atoms with Crippen LogP contribution in [0.2, 0.25) is 0 Å². The van der Waals surface area contributed by atoms with Crippen molar-refractivity contribution in [2.24, 2.45) is 0 Å². The van der Waals surface area contributed by atoms with E-state index in [-0.39, 0.29) is 39.8 Å². The third kappa shape index (κ3) is 4.57. The van der Waals surface area contributed by atoms with Crippen LogP contribution in [-0.2, 0) is 14.3 Å². The van der Waals surface area contributed by atoms with Crippen molar-refractivity contribution in [2.45, 2.75) is 39.8 Å². The zero-order chi connectivity index (χ0) is 25.3. The Bertz CT molecular complexity index is 1290. The lowest BCUT2D eigenvalue weighted by atomic mass is 9.99. The quantitative estimate of drug-likeness (QED) is 0.218. The third-order valence-electron chi connectivity index (χ3n) is 5.21. The summed E-state index contributed by atoms with van der Waals surface area (Å²) in [7, 11) is 0. The minimum atomic E-state index is -1.07. The number of esters is 1. The van der Waals surface area contributed by atoms with E-state index in [4.69, 9.17) is 13.9 Å². The van der Waals surface area contributed by atoms with Crippen LogP contribution >= 0.6 is 11.3 Å². The van der Waals surface area contributed by atoms with E-state index in [1.165, 1.54) is 6.26 Å². The summed E-state index contributed by atoms with van der Waals surface area (Å²) in [5, 5.41) is 11.3. The molecular formula is C25H24N2O7S. The van der Waals surface area contributed by atoms with Crippen molar-refractivity contribution in [1.29, 1.82) is 0 Å². The summed E-state index contributed by atoms with van der Waals surface area (Å²) >= 11 is 0.934. The summed E-state index contributed by atoms with van der Waals surface area (Å²) in [6.07, 6.45) is 1.38. The summed E-state index contributed by atoms with van der Waals surface area (Å²) in [6.45, 7) is 7.28. The second-order valence-electron chi connectivity index (χ2n) is 8.01. The predicted octanol–water partition coefficient (Wildman–Crippen LogP) is 4.63. The first kappa shape index (κ1) is 24.2. The number of aromatic nitrogens is 1. The molecule has 182 valence electrons. The van der Waals surface area contributed by atoms with Crippen molar-refractivity contribution in [1.82, 2.24) is 4.98 Å². The van der Waals surface area contributed by atoms with Gasteiger partial charge in [0.05, 0.1) is 30.2 Å². The normalized spacial score (nSPS) is 17.3. The van der Waals surface area contributed by atoms with E-state index in [0.29, 0.717) is 17.0 Å². The number of aryl methyl sites for hydroxylation is 1. The number of anilines is 1. The van der Waals surface area contributed by atoms with Crippen molar-refractivity contribution in [2.75, 3.05) is 11.5 Å².